The standard InChI is InChI=1S/C14H22N2OS/c1-10-6-8-18-12(10)14(2,3)9-16-13(17)11-5-4-7-15-11/h6,8,11,15H,4-5,7,9H2,1-3H3,(H,16,17). The molecule has 4 heteroatoms. The number of hydrogen-bond donors (Lipinski definition) is 2. The summed E-state index contributed by atoms with van der Waals surface area (Å²) in [4.78, 5) is 13.3. The van der Waals surface area contributed by atoms with Crippen molar-refractivity contribution in [3.05, 3.63) is 21.9 Å². The normalized spacial score (nSPS) is 20.1. The van der Waals surface area contributed by atoms with Crippen LogP contribution in [0.4, 0.5) is 0 Å². The number of thiophene rings is 1. The number of nitrogens with one attached hydrogen (secondary N) is 2. The molecule has 0 spiro atoms. The number of hydrogen-bond acceptors (Lipinski definition) is 3. The average Bonchev–Trinajstić information content (AvgIpc) is 2.96. The Labute approximate surface area is 113 Å². The van der Waals surface area contributed by atoms with Crippen molar-refractivity contribution < 1.29 is 4.79 Å². The van der Waals surface area contributed by atoms with Crippen LogP contribution >= 0.6 is 11.3 Å². The van der Waals surface area contributed by atoms with Gasteiger partial charge in [-0.3, -0.25) is 4.79 Å². The summed E-state index contributed by atoms with van der Waals surface area (Å²) in [5.41, 5.74) is 1.32. The second-order valence-electron chi connectivity index (χ2n) is 5.68. The van der Waals surface area contributed by atoms with Crippen molar-refractivity contribution in [3.8, 4) is 0 Å². The number of amides is 1. The number of carbonyl (C=O) groups is 1. The van der Waals surface area contributed by atoms with Crippen molar-refractivity contribution in [3.63, 3.8) is 0 Å². The summed E-state index contributed by atoms with van der Waals surface area (Å²) in [6.45, 7) is 8.17. The van der Waals surface area contributed by atoms with Gasteiger partial charge in [0.05, 0.1) is 6.04 Å². The van der Waals surface area contributed by atoms with Gasteiger partial charge in [0.1, 0.15) is 0 Å². The topological polar surface area (TPSA) is 41.1 Å². The fourth-order valence-electron chi connectivity index (χ4n) is 2.49. The van der Waals surface area contributed by atoms with Crippen LogP contribution in [0.15, 0.2) is 11.4 Å². The molecule has 1 aliphatic rings. The molecule has 1 aromatic heterocycles. The monoisotopic (exact) mass is 266 g/mol. The van der Waals surface area contributed by atoms with E-state index in [0.717, 1.165) is 19.4 Å². The summed E-state index contributed by atoms with van der Waals surface area (Å²) in [7, 11) is 0. The molecule has 1 fully saturated rings. The molecule has 100 valence electrons. The third-order valence-electron chi connectivity index (χ3n) is 3.56. The van der Waals surface area contributed by atoms with Crippen LogP contribution in [0.2, 0.25) is 0 Å². The molecular formula is C14H22N2OS. The number of rotatable bonds is 4. The maximum absolute atomic E-state index is 12.0. The summed E-state index contributed by atoms with van der Waals surface area (Å²) >= 11 is 1.77. The molecule has 3 nitrogen and oxygen atoms in total. The maximum atomic E-state index is 12.0. The number of carbonyl (C=O) groups excluding carboxylic acids is 1. The first-order chi connectivity index (χ1) is 8.50. The minimum atomic E-state index is 0.00646. The van der Waals surface area contributed by atoms with Crippen LogP contribution in [0.3, 0.4) is 0 Å². The maximum Gasteiger partial charge on any atom is 0.237 e. The molecule has 18 heavy (non-hydrogen) atoms. The summed E-state index contributed by atoms with van der Waals surface area (Å²) in [6, 6.07) is 2.16. The van der Waals surface area contributed by atoms with Gasteiger partial charge in [0.2, 0.25) is 5.91 Å². The van der Waals surface area contributed by atoms with Gasteiger partial charge in [0, 0.05) is 16.8 Å². The van der Waals surface area contributed by atoms with E-state index in [1.54, 1.807) is 11.3 Å². The molecule has 0 aliphatic carbocycles. The molecular weight excluding hydrogens is 244 g/mol. The highest BCUT2D eigenvalue weighted by molar-refractivity contribution is 7.10. The van der Waals surface area contributed by atoms with Crippen LogP contribution in [0.25, 0.3) is 0 Å². The van der Waals surface area contributed by atoms with E-state index >= 15 is 0 Å². The Morgan fingerprint density at radius 3 is 2.94 bits per heavy atom. The molecule has 1 aliphatic heterocycles. The largest absolute Gasteiger partial charge is 0.354 e. The zero-order valence-corrected chi connectivity index (χ0v) is 12.2. The molecule has 0 radical (unpaired) electrons. The highest BCUT2D eigenvalue weighted by atomic mass is 32.1. The molecule has 0 bridgehead atoms. The van der Waals surface area contributed by atoms with E-state index in [1.807, 2.05) is 0 Å². The first-order valence-corrected chi connectivity index (χ1v) is 7.44. The van der Waals surface area contributed by atoms with Crippen LogP contribution in [0, 0.1) is 6.92 Å². The van der Waals surface area contributed by atoms with Crippen molar-refractivity contribution in [2.24, 2.45) is 0 Å². The minimum absolute atomic E-state index is 0.00646. The van der Waals surface area contributed by atoms with Gasteiger partial charge in [-0.05, 0) is 43.3 Å². The van der Waals surface area contributed by atoms with Crippen LogP contribution < -0.4 is 10.6 Å². The third-order valence-corrected chi connectivity index (χ3v) is 4.94. The lowest BCUT2D eigenvalue weighted by molar-refractivity contribution is -0.123. The lowest BCUT2D eigenvalue weighted by atomic mass is 9.89. The predicted molar refractivity (Wildman–Crippen MR) is 76.1 cm³/mol. The van der Waals surface area contributed by atoms with Crippen molar-refractivity contribution >= 4 is 17.2 Å². The van der Waals surface area contributed by atoms with Crippen LogP contribution in [-0.2, 0) is 10.2 Å². The van der Waals surface area contributed by atoms with Gasteiger partial charge in [-0.15, -0.1) is 11.3 Å². The van der Waals surface area contributed by atoms with Gasteiger partial charge in [0.15, 0.2) is 0 Å². The first-order valence-electron chi connectivity index (χ1n) is 6.56. The Hall–Kier alpha value is -0.870. The summed E-state index contributed by atoms with van der Waals surface area (Å²) in [6.07, 6.45) is 2.07. The molecule has 1 aromatic rings. The fourth-order valence-corrected chi connectivity index (χ4v) is 3.54. The van der Waals surface area contributed by atoms with Crippen LogP contribution in [-0.4, -0.2) is 25.0 Å². The van der Waals surface area contributed by atoms with E-state index in [0.29, 0.717) is 6.54 Å². The van der Waals surface area contributed by atoms with Gasteiger partial charge in [-0.25, -0.2) is 0 Å². The minimum Gasteiger partial charge on any atom is -0.354 e. The molecule has 0 aromatic carbocycles. The van der Waals surface area contributed by atoms with Crippen molar-refractivity contribution in [2.45, 2.75) is 45.1 Å². The Balaban J connectivity index is 1.92. The van der Waals surface area contributed by atoms with Crippen LogP contribution in [0.5, 0.6) is 0 Å². The molecule has 1 saturated heterocycles. The second kappa shape index (κ2) is 5.41. The zero-order chi connectivity index (χ0) is 13.2. The Kier molecular flexibility index (Phi) is 4.07. The zero-order valence-electron chi connectivity index (χ0n) is 11.4. The molecule has 2 rings (SSSR count). The molecule has 2 heterocycles. The van der Waals surface area contributed by atoms with Gasteiger partial charge in [-0.2, -0.15) is 0 Å². The molecule has 2 N–H and O–H groups in total. The average molecular weight is 266 g/mol. The first kappa shape index (κ1) is 13.6. The van der Waals surface area contributed by atoms with E-state index in [-0.39, 0.29) is 17.4 Å². The Morgan fingerprint density at radius 2 is 2.39 bits per heavy atom. The molecule has 0 saturated carbocycles. The third kappa shape index (κ3) is 2.93. The van der Waals surface area contributed by atoms with Crippen molar-refractivity contribution in [1.29, 1.82) is 0 Å². The van der Waals surface area contributed by atoms with E-state index in [9.17, 15) is 4.79 Å². The lowest BCUT2D eigenvalue weighted by Crippen LogP contribution is -2.44. The fraction of sp³-hybridized carbons (Fsp3) is 0.643. The van der Waals surface area contributed by atoms with Gasteiger partial charge < -0.3 is 10.6 Å². The number of aryl methyl sites for hydroxylation is 1. The molecule has 1 unspecified atom stereocenters. The summed E-state index contributed by atoms with van der Waals surface area (Å²) in [5.74, 6) is 0.148. The van der Waals surface area contributed by atoms with Gasteiger partial charge >= 0.3 is 0 Å². The second-order valence-corrected chi connectivity index (χ2v) is 6.60. The molecule has 1 atom stereocenters. The lowest BCUT2D eigenvalue weighted by Gasteiger charge is -2.25. The highest BCUT2D eigenvalue weighted by Crippen LogP contribution is 2.30. The van der Waals surface area contributed by atoms with E-state index < -0.39 is 0 Å². The SMILES string of the molecule is Cc1ccsc1C(C)(C)CNC(=O)C1CCCN1. The van der Waals surface area contributed by atoms with Gasteiger partial charge in [-0.1, -0.05) is 13.8 Å². The Morgan fingerprint density at radius 1 is 1.61 bits per heavy atom. The molecule has 1 amide bonds. The van der Waals surface area contributed by atoms with Crippen molar-refractivity contribution in [2.75, 3.05) is 13.1 Å². The van der Waals surface area contributed by atoms with Crippen LogP contribution in [0.1, 0.15) is 37.1 Å². The summed E-state index contributed by atoms with van der Waals surface area (Å²) in [5, 5.41) is 8.43. The smallest absolute Gasteiger partial charge is 0.237 e. The predicted octanol–water partition coefficient (Wildman–Crippen LogP) is 2.20. The van der Waals surface area contributed by atoms with Crippen molar-refractivity contribution in [1.82, 2.24) is 10.6 Å². The van der Waals surface area contributed by atoms with Gasteiger partial charge in [0.25, 0.3) is 0 Å². The highest BCUT2D eigenvalue weighted by Gasteiger charge is 2.27. The van der Waals surface area contributed by atoms with E-state index in [4.69, 9.17) is 0 Å². The Bertz CT molecular complexity index is 419. The van der Waals surface area contributed by atoms with E-state index in [2.05, 4.69) is 42.9 Å². The quantitative estimate of drug-likeness (QED) is 0.877. The summed E-state index contributed by atoms with van der Waals surface area (Å²) < 4.78 is 0. The van der Waals surface area contributed by atoms with E-state index in [1.165, 1.54) is 10.4 Å².